The molecule has 2 aromatic carbocycles. The van der Waals surface area contributed by atoms with Gasteiger partial charge in [0.2, 0.25) is 11.8 Å². The maximum atomic E-state index is 14.3. The molecule has 0 radical (unpaired) electrons. The number of non-ortho nitro benzene ring substituents is 2. The number of rotatable bonds is 11. The van der Waals surface area contributed by atoms with Crippen molar-refractivity contribution in [3.63, 3.8) is 0 Å². The van der Waals surface area contributed by atoms with E-state index in [4.69, 9.17) is 9.47 Å². The summed E-state index contributed by atoms with van der Waals surface area (Å²) in [5.74, 6) is -2.96. The van der Waals surface area contributed by atoms with Crippen LogP contribution < -0.4 is 0 Å². The molecule has 4 aliphatic rings. The molecule has 0 unspecified atom stereocenters. The number of fused-ring (bicyclic) bond motifs is 1. The SMILES string of the molecule is CC(=NC(=O)OCc1ccc([N+](=O)[O-])cc1)N1CCCN(C(=O)[C@@H]2C[C@H](SC3=C(C(=O)O)N4C(=O)[C@H]([C@@H](C)O)[C@H]4[C@H]3C)CN2C(=O)OCc2ccc([N+](=O)[O-])cc2)CC1. The fourth-order valence-electron chi connectivity index (χ4n) is 7.89. The number of ether oxygens (including phenoxy) is 2. The highest BCUT2D eigenvalue weighted by molar-refractivity contribution is 8.03. The van der Waals surface area contributed by atoms with Gasteiger partial charge in [0.05, 0.1) is 27.9 Å². The minimum absolute atomic E-state index is 0.00937. The summed E-state index contributed by atoms with van der Waals surface area (Å²) in [5.41, 5.74) is 0.623. The highest BCUT2D eigenvalue weighted by atomic mass is 32.2. The molecule has 3 fully saturated rings. The molecule has 0 spiro atoms. The third kappa shape index (κ3) is 9.15. The van der Waals surface area contributed by atoms with E-state index in [1.165, 1.54) is 77.0 Å². The number of benzene rings is 2. The highest BCUT2D eigenvalue weighted by Crippen LogP contribution is 2.52. The first-order valence-electron chi connectivity index (χ1n) is 18.9. The maximum absolute atomic E-state index is 14.3. The van der Waals surface area contributed by atoms with Crippen molar-refractivity contribution in [2.45, 2.75) is 70.3 Å². The lowest BCUT2D eigenvalue weighted by Crippen LogP contribution is -2.63. The lowest BCUT2D eigenvalue weighted by molar-refractivity contribution is -0.385. The van der Waals surface area contributed by atoms with Gasteiger partial charge in [0.15, 0.2) is 0 Å². The molecule has 6 rings (SSSR count). The number of hydrogen-bond acceptors (Lipinski definition) is 13. The van der Waals surface area contributed by atoms with Crippen molar-refractivity contribution in [3.8, 4) is 0 Å². The molecular weight excluding hydrogens is 795 g/mol. The lowest BCUT2D eigenvalue weighted by Gasteiger charge is -2.46. The van der Waals surface area contributed by atoms with Crippen molar-refractivity contribution >= 4 is 58.9 Å². The van der Waals surface area contributed by atoms with Gasteiger partial charge in [-0.25, -0.2) is 14.4 Å². The molecular formula is C38H43N7O13S. The Labute approximate surface area is 341 Å². The van der Waals surface area contributed by atoms with Gasteiger partial charge >= 0.3 is 18.2 Å². The summed E-state index contributed by atoms with van der Waals surface area (Å²) in [5, 5.41) is 42.0. The Morgan fingerprint density at radius 1 is 0.915 bits per heavy atom. The molecule has 59 heavy (non-hydrogen) atoms. The van der Waals surface area contributed by atoms with Crippen LogP contribution >= 0.6 is 11.8 Å². The van der Waals surface area contributed by atoms with Crippen LogP contribution in [0, 0.1) is 32.1 Å². The van der Waals surface area contributed by atoms with Gasteiger partial charge in [-0.15, -0.1) is 11.8 Å². The number of carboxylic acids is 1. The molecule has 0 aliphatic carbocycles. The maximum Gasteiger partial charge on any atom is 0.435 e. The first-order chi connectivity index (χ1) is 28.0. The van der Waals surface area contributed by atoms with Crippen LogP contribution in [-0.2, 0) is 37.1 Å². The minimum Gasteiger partial charge on any atom is -0.477 e. The van der Waals surface area contributed by atoms with Gasteiger partial charge in [-0.1, -0.05) is 6.92 Å². The number of nitro benzene ring substituents is 2. The van der Waals surface area contributed by atoms with Gasteiger partial charge in [0, 0.05) is 73.1 Å². The average Bonchev–Trinajstić information content (AvgIpc) is 3.60. The monoisotopic (exact) mass is 837 g/mol. The number of β-lactam (4-membered cyclic amide) rings is 1. The van der Waals surface area contributed by atoms with E-state index in [9.17, 15) is 54.4 Å². The van der Waals surface area contributed by atoms with Crippen LogP contribution in [0.4, 0.5) is 21.0 Å². The Morgan fingerprint density at radius 3 is 2.03 bits per heavy atom. The summed E-state index contributed by atoms with van der Waals surface area (Å²) in [6.45, 7) is 5.83. The minimum atomic E-state index is -1.30. The number of carbonyl (C=O) groups excluding carboxylic acids is 4. The zero-order chi connectivity index (χ0) is 42.7. The van der Waals surface area contributed by atoms with E-state index in [1.807, 2.05) is 4.90 Å². The second kappa shape index (κ2) is 17.8. The van der Waals surface area contributed by atoms with E-state index in [-0.39, 0.29) is 55.7 Å². The largest absolute Gasteiger partial charge is 0.477 e. The molecule has 4 aliphatic heterocycles. The van der Waals surface area contributed by atoms with E-state index in [0.717, 1.165) is 0 Å². The first-order valence-corrected chi connectivity index (χ1v) is 19.7. The average molecular weight is 838 g/mol. The Balaban J connectivity index is 1.14. The van der Waals surface area contributed by atoms with Gasteiger partial charge in [0.1, 0.15) is 30.8 Å². The highest BCUT2D eigenvalue weighted by Gasteiger charge is 2.60. The fourth-order valence-corrected chi connectivity index (χ4v) is 9.41. The number of amidine groups is 1. The molecule has 2 N–H and O–H groups in total. The number of aliphatic hydroxyl groups is 1. The van der Waals surface area contributed by atoms with Crippen LogP contribution in [0.1, 0.15) is 44.7 Å². The molecule has 20 nitrogen and oxygen atoms in total. The number of carboxylic acid groups (broad SMARTS) is 1. The second-order valence-corrected chi connectivity index (χ2v) is 16.0. The van der Waals surface area contributed by atoms with Crippen LogP contribution in [0.3, 0.4) is 0 Å². The van der Waals surface area contributed by atoms with Gasteiger partial charge in [0.25, 0.3) is 11.4 Å². The van der Waals surface area contributed by atoms with Gasteiger partial charge in [-0.3, -0.25) is 34.7 Å². The second-order valence-electron chi connectivity index (χ2n) is 14.7. The van der Waals surface area contributed by atoms with E-state index in [0.29, 0.717) is 47.9 Å². The molecule has 21 heteroatoms. The quantitative estimate of drug-likeness (QED) is 0.107. The van der Waals surface area contributed by atoms with Crippen molar-refractivity contribution in [2.75, 3.05) is 32.7 Å². The molecule has 3 saturated heterocycles. The molecule has 0 bridgehead atoms. The smallest absolute Gasteiger partial charge is 0.435 e. The van der Waals surface area contributed by atoms with Crippen molar-refractivity contribution in [1.29, 1.82) is 0 Å². The summed E-state index contributed by atoms with van der Waals surface area (Å²) in [6.07, 6.45) is -2.02. The number of aliphatic imine (C=N–C) groups is 1. The van der Waals surface area contributed by atoms with Gasteiger partial charge in [-0.2, -0.15) is 4.99 Å². The fraction of sp³-hybridized carbons (Fsp3) is 0.474. The lowest BCUT2D eigenvalue weighted by atomic mass is 9.79. The molecule has 0 saturated carbocycles. The molecule has 314 valence electrons. The van der Waals surface area contributed by atoms with Crippen molar-refractivity contribution < 1.29 is 53.5 Å². The number of likely N-dealkylation sites (tertiary alicyclic amines) is 1. The predicted octanol–water partition coefficient (Wildman–Crippen LogP) is 3.76. The molecule has 4 amide bonds. The number of aliphatic carboxylic acids is 1. The van der Waals surface area contributed by atoms with Crippen molar-refractivity contribution in [2.24, 2.45) is 16.8 Å². The van der Waals surface area contributed by atoms with Gasteiger partial charge in [-0.05, 0) is 62.1 Å². The summed E-state index contributed by atoms with van der Waals surface area (Å²) < 4.78 is 10.8. The Kier molecular flexibility index (Phi) is 12.8. The van der Waals surface area contributed by atoms with Crippen molar-refractivity contribution in [1.82, 2.24) is 19.6 Å². The first kappa shape index (κ1) is 42.5. The third-order valence-corrected chi connectivity index (χ3v) is 12.4. The van der Waals surface area contributed by atoms with Crippen molar-refractivity contribution in [3.05, 3.63) is 90.5 Å². The Bertz CT molecular complexity index is 2080. The Morgan fingerprint density at radius 2 is 1.47 bits per heavy atom. The van der Waals surface area contributed by atoms with Crippen LogP contribution in [0.25, 0.3) is 0 Å². The standard InChI is InChI=1S/C38H43N7O13S/c1-21-31-30(22(2)46)35(48)43(31)32(36(49)50)33(21)59-28-17-29(42(18-28)38(52)58-20-25-7-11-27(12-8-25)45(55)56)34(47)41-14-4-13-40(15-16-41)23(3)39-37(51)57-19-24-5-9-26(10-6-24)44(53)54/h5-12,21-22,28-31,46H,4,13-20H2,1-3H3,(H,49,50)/t21-,22-,28+,29+,30-,31-/m1/s1. The number of aliphatic hydroxyl groups excluding tert-OH is 1. The summed E-state index contributed by atoms with van der Waals surface area (Å²) >= 11 is 1.19. The third-order valence-electron chi connectivity index (χ3n) is 10.9. The number of amides is 4. The zero-order valence-corrected chi connectivity index (χ0v) is 33.2. The number of nitro groups is 2. The Hall–Kier alpha value is -6.09. The number of thioether (sulfide) groups is 1. The topological polar surface area (TPSA) is 256 Å². The number of nitrogens with zero attached hydrogens (tertiary/aromatic N) is 7. The molecule has 4 heterocycles. The summed E-state index contributed by atoms with van der Waals surface area (Å²) in [6, 6.07) is 9.50. The van der Waals surface area contributed by atoms with E-state index in [2.05, 4.69) is 4.99 Å². The number of carbonyl (C=O) groups is 5. The summed E-state index contributed by atoms with van der Waals surface area (Å²) in [4.78, 5) is 97.4. The van der Waals surface area contributed by atoms with Crippen LogP contribution in [0.5, 0.6) is 0 Å². The molecule has 6 atom stereocenters. The molecule has 2 aromatic rings. The van der Waals surface area contributed by atoms with E-state index in [1.54, 1.807) is 18.7 Å². The van der Waals surface area contributed by atoms with Crippen LogP contribution in [0.2, 0.25) is 0 Å². The van der Waals surface area contributed by atoms with Crippen LogP contribution in [0.15, 0.2) is 64.1 Å². The normalized spacial score (nSPS) is 23.6. The van der Waals surface area contributed by atoms with E-state index < -0.39 is 69.2 Å². The summed E-state index contributed by atoms with van der Waals surface area (Å²) in [7, 11) is 0. The van der Waals surface area contributed by atoms with Crippen LogP contribution in [-0.4, -0.2) is 132 Å². The van der Waals surface area contributed by atoms with Gasteiger partial charge < -0.3 is 34.4 Å². The predicted molar refractivity (Wildman–Crippen MR) is 209 cm³/mol. The zero-order valence-electron chi connectivity index (χ0n) is 32.4. The number of hydrogen-bond donors (Lipinski definition) is 2. The van der Waals surface area contributed by atoms with E-state index >= 15 is 0 Å². The molecule has 0 aromatic heterocycles.